The standard InChI is InChI=1S/C20H18ClN5O3/c1-11-15(8-9-16(23-3)17(11)21)24-18(12(2)27)20(29)26-25-19(28)14-6-4-13(10-22)5-7-14/h4-9,12,18,24,27H,1-2H3,(H,25,28)(H,26,29)/t12-,18+/m0/s1. The van der Waals surface area contributed by atoms with E-state index in [0.717, 1.165) is 0 Å². The minimum atomic E-state index is -1.10. The molecule has 0 unspecified atom stereocenters. The lowest BCUT2D eigenvalue weighted by atomic mass is 10.1. The van der Waals surface area contributed by atoms with Crippen molar-refractivity contribution in [3.8, 4) is 6.07 Å². The maximum atomic E-state index is 12.5. The highest BCUT2D eigenvalue weighted by Crippen LogP contribution is 2.33. The van der Waals surface area contributed by atoms with E-state index in [-0.39, 0.29) is 16.3 Å². The summed E-state index contributed by atoms with van der Waals surface area (Å²) in [6.07, 6.45) is -1.10. The Kier molecular flexibility index (Phi) is 7.15. The molecule has 0 aromatic heterocycles. The number of aliphatic hydroxyl groups excluding tert-OH is 1. The fourth-order valence-electron chi connectivity index (χ4n) is 2.45. The predicted molar refractivity (Wildman–Crippen MR) is 108 cm³/mol. The number of carbonyl (C=O) groups is 2. The highest BCUT2D eigenvalue weighted by Gasteiger charge is 2.25. The molecule has 148 valence electrons. The molecule has 0 saturated heterocycles. The largest absolute Gasteiger partial charge is 0.391 e. The lowest BCUT2D eigenvalue weighted by Crippen LogP contribution is -2.52. The number of aliphatic hydroxyl groups is 1. The number of hydrogen-bond donors (Lipinski definition) is 4. The first-order valence-electron chi connectivity index (χ1n) is 8.50. The van der Waals surface area contributed by atoms with Crippen LogP contribution >= 0.6 is 11.6 Å². The number of nitrogens with zero attached hydrogens (tertiary/aromatic N) is 2. The van der Waals surface area contributed by atoms with Crippen LogP contribution in [0.1, 0.15) is 28.4 Å². The third kappa shape index (κ3) is 5.23. The van der Waals surface area contributed by atoms with Gasteiger partial charge in [0.15, 0.2) is 0 Å². The van der Waals surface area contributed by atoms with Gasteiger partial charge in [-0.3, -0.25) is 20.4 Å². The van der Waals surface area contributed by atoms with E-state index in [1.807, 2.05) is 6.07 Å². The van der Waals surface area contributed by atoms with Gasteiger partial charge in [-0.2, -0.15) is 5.26 Å². The molecule has 29 heavy (non-hydrogen) atoms. The minimum absolute atomic E-state index is 0.253. The number of carbonyl (C=O) groups excluding carboxylic acids is 2. The van der Waals surface area contributed by atoms with E-state index in [4.69, 9.17) is 23.4 Å². The smallest absolute Gasteiger partial charge is 0.269 e. The molecule has 0 saturated carbocycles. The van der Waals surface area contributed by atoms with Crippen molar-refractivity contribution in [1.82, 2.24) is 10.9 Å². The monoisotopic (exact) mass is 411 g/mol. The summed E-state index contributed by atoms with van der Waals surface area (Å²) in [6, 6.07) is 9.82. The molecule has 0 bridgehead atoms. The van der Waals surface area contributed by atoms with Crippen LogP contribution in [-0.4, -0.2) is 29.1 Å². The molecule has 9 heteroatoms. The van der Waals surface area contributed by atoms with Gasteiger partial charge in [0.2, 0.25) is 5.69 Å². The van der Waals surface area contributed by atoms with Crippen molar-refractivity contribution in [3.05, 3.63) is 69.5 Å². The average molecular weight is 412 g/mol. The molecule has 2 aromatic carbocycles. The first-order valence-corrected chi connectivity index (χ1v) is 8.87. The molecule has 2 atom stereocenters. The molecule has 0 fully saturated rings. The molecule has 2 aromatic rings. The van der Waals surface area contributed by atoms with Crippen LogP contribution in [0.5, 0.6) is 0 Å². The van der Waals surface area contributed by atoms with E-state index < -0.39 is 24.0 Å². The number of nitriles is 1. The summed E-state index contributed by atoms with van der Waals surface area (Å²) in [4.78, 5) is 27.9. The Labute approximate surface area is 172 Å². The highest BCUT2D eigenvalue weighted by atomic mass is 35.5. The van der Waals surface area contributed by atoms with Gasteiger partial charge in [-0.15, -0.1) is 0 Å². The molecular formula is C20H18ClN5O3. The third-order valence-electron chi connectivity index (χ3n) is 4.14. The summed E-state index contributed by atoms with van der Waals surface area (Å²) in [5, 5.41) is 21.9. The van der Waals surface area contributed by atoms with Crippen LogP contribution in [0.3, 0.4) is 0 Å². The van der Waals surface area contributed by atoms with E-state index in [2.05, 4.69) is 21.0 Å². The summed E-state index contributed by atoms with van der Waals surface area (Å²) >= 11 is 6.14. The lowest BCUT2D eigenvalue weighted by Gasteiger charge is -2.23. The highest BCUT2D eigenvalue weighted by molar-refractivity contribution is 6.34. The predicted octanol–water partition coefficient (Wildman–Crippen LogP) is 2.69. The van der Waals surface area contributed by atoms with Gasteiger partial charge in [-0.25, -0.2) is 4.85 Å². The normalized spacial score (nSPS) is 12.1. The van der Waals surface area contributed by atoms with Crippen molar-refractivity contribution < 1.29 is 14.7 Å². The van der Waals surface area contributed by atoms with E-state index in [1.54, 1.807) is 13.0 Å². The fourth-order valence-corrected chi connectivity index (χ4v) is 2.66. The molecule has 0 aliphatic heterocycles. The first kappa shape index (κ1) is 21.7. The molecule has 0 aliphatic rings. The van der Waals surface area contributed by atoms with Gasteiger partial charge in [0.05, 0.1) is 29.3 Å². The Hall–Kier alpha value is -3.59. The third-order valence-corrected chi connectivity index (χ3v) is 4.61. The number of nitrogens with one attached hydrogen (secondary N) is 3. The molecule has 0 heterocycles. The number of hydrogen-bond acceptors (Lipinski definition) is 5. The van der Waals surface area contributed by atoms with Crippen molar-refractivity contribution in [2.75, 3.05) is 5.32 Å². The van der Waals surface area contributed by atoms with Gasteiger partial charge in [-0.1, -0.05) is 17.7 Å². The Balaban J connectivity index is 2.08. The van der Waals surface area contributed by atoms with Crippen LogP contribution in [-0.2, 0) is 4.79 Å². The lowest BCUT2D eigenvalue weighted by molar-refractivity contribution is -0.124. The Morgan fingerprint density at radius 1 is 1.21 bits per heavy atom. The molecule has 2 rings (SSSR count). The number of anilines is 1. The summed E-state index contributed by atoms with van der Waals surface area (Å²) in [5.74, 6) is -1.25. The molecule has 4 N–H and O–H groups in total. The summed E-state index contributed by atoms with van der Waals surface area (Å²) in [6.45, 7) is 10.2. The average Bonchev–Trinajstić information content (AvgIpc) is 2.72. The van der Waals surface area contributed by atoms with Gasteiger partial charge in [0.25, 0.3) is 11.8 Å². The molecule has 2 amide bonds. The van der Waals surface area contributed by atoms with Crippen LogP contribution in [0.2, 0.25) is 5.02 Å². The minimum Gasteiger partial charge on any atom is -0.391 e. The van der Waals surface area contributed by atoms with E-state index in [0.29, 0.717) is 16.8 Å². The van der Waals surface area contributed by atoms with Crippen LogP contribution < -0.4 is 16.2 Å². The summed E-state index contributed by atoms with van der Waals surface area (Å²) < 4.78 is 0. The molecular weight excluding hydrogens is 394 g/mol. The molecule has 0 aliphatic carbocycles. The Bertz CT molecular complexity index is 1010. The van der Waals surface area contributed by atoms with Crippen LogP contribution in [0, 0.1) is 24.8 Å². The van der Waals surface area contributed by atoms with E-state index >= 15 is 0 Å². The molecule has 0 radical (unpaired) electrons. The summed E-state index contributed by atoms with van der Waals surface area (Å²) in [5.41, 5.74) is 6.49. The number of amides is 2. The van der Waals surface area contributed by atoms with Crippen molar-refractivity contribution >= 4 is 34.8 Å². The molecule has 0 spiro atoms. The van der Waals surface area contributed by atoms with Crippen LogP contribution in [0.15, 0.2) is 36.4 Å². The van der Waals surface area contributed by atoms with E-state index in [1.165, 1.54) is 37.3 Å². The second kappa shape index (κ2) is 9.56. The maximum Gasteiger partial charge on any atom is 0.269 e. The van der Waals surface area contributed by atoms with Crippen LogP contribution in [0.25, 0.3) is 4.85 Å². The number of hydrazine groups is 1. The fraction of sp³-hybridized carbons (Fsp3) is 0.200. The number of rotatable bonds is 5. The zero-order valence-electron chi connectivity index (χ0n) is 15.7. The second-order valence-corrected chi connectivity index (χ2v) is 6.56. The van der Waals surface area contributed by atoms with Gasteiger partial charge in [-0.05, 0) is 49.7 Å². The summed E-state index contributed by atoms with van der Waals surface area (Å²) in [7, 11) is 0. The van der Waals surface area contributed by atoms with Gasteiger partial charge in [0.1, 0.15) is 6.04 Å². The van der Waals surface area contributed by atoms with Crippen molar-refractivity contribution in [3.63, 3.8) is 0 Å². The Morgan fingerprint density at radius 2 is 1.86 bits per heavy atom. The van der Waals surface area contributed by atoms with Crippen molar-refractivity contribution in [2.45, 2.75) is 26.0 Å². The topological polar surface area (TPSA) is 119 Å². The number of benzene rings is 2. The quantitative estimate of drug-likeness (QED) is 0.445. The molecule has 8 nitrogen and oxygen atoms in total. The van der Waals surface area contributed by atoms with Gasteiger partial charge < -0.3 is 10.4 Å². The zero-order valence-corrected chi connectivity index (χ0v) is 16.4. The van der Waals surface area contributed by atoms with E-state index in [9.17, 15) is 14.7 Å². The maximum absolute atomic E-state index is 12.5. The first-order chi connectivity index (χ1) is 13.8. The zero-order chi connectivity index (χ0) is 21.6. The second-order valence-electron chi connectivity index (χ2n) is 6.18. The Morgan fingerprint density at radius 3 is 2.41 bits per heavy atom. The SMILES string of the molecule is [C-]#[N+]c1ccc(N[C@@H](C(=O)NNC(=O)c2ccc(C#N)cc2)[C@H](C)O)c(C)c1Cl. The van der Waals surface area contributed by atoms with Crippen LogP contribution in [0.4, 0.5) is 11.4 Å². The number of halogens is 1. The van der Waals surface area contributed by atoms with Gasteiger partial charge in [0, 0.05) is 11.3 Å². The van der Waals surface area contributed by atoms with Gasteiger partial charge >= 0.3 is 0 Å². The van der Waals surface area contributed by atoms with Crippen molar-refractivity contribution in [1.29, 1.82) is 5.26 Å². The van der Waals surface area contributed by atoms with Crippen molar-refractivity contribution in [2.24, 2.45) is 0 Å².